The summed E-state index contributed by atoms with van der Waals surface area (Å²) in [6.45, 7) is 3.91. The first kappa shape index (κ1) is 17.0. The van der Waals surface area contributed by atoms with Crippen LogP contribution in [0.5, 0.6) is 0 Å². The van der Waals surface area contributed by atoms with Gasteiger partial charge in [0.2, 0.25) is 10.0 Å². The topological polar surface area (TPSA) is 40.6 Å². The van der Waals surface area contributed by atoms with Gasteiger partial charge < -0.3 is 0 Å². The second-order valence-electron chi connectivity index (χ2n) is 6.94. The Hall–Kier alpha value is -1.40. The van der Waals surface area contributed by atoms with Crippen LogP contribution in [-0.2, 0) is 16.6 Å². The lowest BCUT2D eigenvalue weighted by Crippen LogP contribution is -2.33. The van der Waals surface area contributed by atoms with Crippen molar-refractivity contribution >= 4 is 21.6 Å². The van der Waals surface area contributed by atoms with E-state index in [1.165, 1.54) is 0 Å². The maximum Gasteiger partial charge on any atom is 0.243 e. The highest BCUT2D eigenvalue weighted by Gasteiger charge is 2.44. The van der Waals surface area contributed by atoms with Crippen molar-refractivity contribution in [1.82, 2.24) is 9.21 Å². The van der Waals surface area contributed by atoms with Crippen LogP contribution < -0.4 is 0 Å². The normalized spacial score (nSPS) is 24.5. The lowest BCUT2D eigenvalue weighted by atomic mass is 10.0. The first-order chi connectivity index (χ1) is 12.0. The zero-order chi connectivity index (χ0) is 17.4. The Bertz CT molecular complexity index is 843. The quantitative estimate of drug-likeness (QED) is 0.823. The van der Waals surface area contributed by atoms with E-state index in [9.17, 15) is 8.42 Å². The van der Waals surface area contributed by atoms with Gasteiger partial charge in [0.05, 0.1) is 4.90 Å². The molecule has 2 aliphatic rings. The van der Waals surface area contributed by atoms with Gasteiger partial charge in [-0.15, -0.1) is 0 Å². The smallest absolute Gasteiger partial charge is 0.243 e. The molecule has 0 aliphatic carbocycles. The summed E-state index contributed by atoms with van der Waals surface area (Å²) < 4.78 is 27.2. The summed E-state index contributed by atoms with van der Waals surface area (Å²) >= 11 is 6.26. The molecular weight excluding hydrogens is 356 g/mol. The van der Waals surface area contributed by atoms with Crippen molar-refractivity contribution in [2.45, 2.75) is 11.4 Å². The van der Waals surface area contributed by atoms with E-state index in [-0.39, 0.29) is 0 Å². The van der Waals surface area contributed by atoms with Crippen molar-refractivity contribution in [3.63, 3.8) is 0 Å². The van der Waals surface area contributed by atoms with Gasteiger partial charge in [-0.25, -0.2) is 8.42 Å². The molecule has 2 heterocycles. The zero-order valence-corrected chi connectivity index (χ0v) is 15.5. The first-order valence-electron chi connectivity index (χ1n) is 8.55. The minimum atomic E-state index is -3.37. The standard InChI is InChI=1S/C19H21ClN2O2S/c20-19-9-5-4-6-15(19)10-21-11-16-13-22(14-17(16)12-21)25(23,24)18-7-2-1-3-8-18/h1-9,16-17H,10-14H2/t16-,17+. The second-order valence-corrected chi connectivity index (χ2v) is 9.29. The molecule has 2 atom stereocenters. The molecule has 4 rings (SSSR count). The molecule has 6 heteroatoms. The molecule has 0 N–H and O–H groups in total. The Balaban J connectivity index is 1.42. The lowest BCUT2D eigenvalue weighted by Gasteiger charge is -2.21. The van der Waals surface area contributed by atoms with Gasteiger partial charge in [0.25, 0.3) is 0 Å². The molecule has 132 valence electrons. The van der Waals surface area contributed by atoms with Crippen LogP contribution in [0.3, 0.4) is 0 Å². The third-order valence-corrected chi connectivity index (χ3v) is 7.48. The Morgan fingerprint density at radius 3 is 2.12 bits per heavy atom. The highest BCUT2D eigenvalue weighted by molar-refractivity contribution is 7.89. The van der Waals surface area contributed by atoms with Gasteiger partial charge in [0.15, 0.2) is 0 Å². The molecule has 0 aromatic heterocycles. The number of likely N-dealkylation sites (tertiary alicyclic amines) is 1. The second kappa shape index (κ2) is 6.72. The average molecular weight is 377 g/mol. The molecule has 2 fully saturated rings. The van der Waals surface area contributed by atoms with Gasteiger partial charge in [-0.1, -0.05) is 48.0 Å². The summed E-state index contributed by atoms with van der Waals surface area (Å²) in [4.78, 5) is 2.78. The minimum absolute atomic E-state index is 0.392. The summed E-state index contributed by atoms with van der Waals surface area (Å²) in [5, 5.41) is 0.799. The molecule has 0 amide bonds. The average Bonchev–Trinajstić information content (AvgIpc) is 3.17. The SMILES string of the molecule is O=S(=O)(c1ccccc1)N1C[C@H]2CN(Cc3ccccc3Cl)C[C@H]2C1. The third-order valence-electron chi connectivity index (χ3n) is 5.26. The van der Waals surface area contributed by atoms with Crippen molar-refractivity contribution in [3.05, 3.63) is 65.2 Å². The predicted octanol–water partition coefficient (Wildman–Crippen LogP) is 3.09. The van der Waals surface area contributed by atoms with Crippen molar-refractivity contribution < 1.29 is 8.42 Å². The van der Waals surface area contributed by atoms with E-state index in [2.05, 4.69) is 11.0 Å². The van der Waals surface area contributed by atoms with Crippen LogP contribution in [0, 0.1) is 11.8 Å². The predicted molar refractivity (Wildman–Crippen MR) is 98.9 cm³/mol. The van der Waals surface area contributed by atoms with Gasteiger partial charge in [-0.3, -0.25) is 4.90 Å². The fourth-order valence-corrected chi connectivity index (χ4v) is 5.75. The van der Waals surface area contributed by atoms with Crippen LogP contribution in [0.15, 0.2) is 59.5 Å². The van der Waals surface area contributed by atoms with Crippen molar-refractivity contribution in [1.29, 1.82) is 0 Å². The van der Waals surface area contributed by atoms with Crippen molar-refractivity contribution in [3.8, 4) is 0 Å². The van der Waals surface area contributed by atoms with Gasteiger partial charge >= 0.3 is 0 Å². The zero-order valence-electron chi connectivity index (χ0n) is 13.9. The molecule has 2 aromatic rings. The molecule has 2 aliphatic heterocycles. The Morgan fingerprint density at radius 1 is 0.880 bits per heavy atom. The van der Waals surface area contributed by atoms with Crippen LogP contribution >= 0.6 is 11.6 Å². The Labute approximate surface area is 154 Å². The minimum Gasteiger partial charge on any atom is -0.298 e. The number of rotatable bonds is 4. The number of sulfonamides is 1. The van der Waals surface area contributed by atoms with E-state index in [4.69, 9.17) is 11.6 Å². The summed E-state index contributed by atoms with van der Waals surface area (Å²) in [7, 11) is -3.37. The fraction of sp³-hybridized carbons (Fsp3) is 0.368. The largest absolute Gasteiger partial charge is 0.298 e. The summed E-state index contributed by atoms with van der Waals surface area (Å²) in [5.41, 5.74) is 1.14. The molecule has 25 heavy (non-hydrogen) atoms. The number of hydrogen-bond donors (Lipinski definition) is 0. The van der Waals surface area contributed by atoms with E-state index in [0.29, 0.717) is 29.8 Å². The van der Waals surface area contributed by atoms with Crippen molar-refractivity contribution in [2.24, 2.45) is 11.8 Å². The maximum absolute atomic E-state index is 12.8. The summed E-state index contributed by atoms with van der Waals surface area (Å²) in [5.74, 6) is 0.807. The summed E-state index contributed by atoms with van der Waals surface area (Å²) in [6, 6.07) is 16.7. The fourth-order valence-electron chi connectivity index (χ4n) is 3.98. The number of hydrogen-bond acceptors (Lipinski definition) is 3. The van der Waals surface area contributed by atoms with Crippen molar-refractivity contribution in [2.75, 3.05) is 26.2 Å². The van der Waals surface area contributed by atoms with Gasteiger partial charge in [-0.2, -0.15) is 4.31 Å². The molecule has 0 bridgehead atoms. The molecule has 0 spiro atoms. The number of halogens is 1. The van der Waals surface area contributed by atoms with E-state index < -0.39 is 10.0 Å². The molecule has 0 unspecified atom stereocenters. The van der Waals surface area contributed by atoms with Gasteiger partial charge in [0.1, 0.15) is 0 Å². The van der Waals surface area contributed by atoms with Crippen LogP contribution in [0.1, 0.15) is 5.56 Å². The Kier molecular flexibility index (Phi) is 4.58. The van der Waals surface area contributed by atoms with E-state index in [0.717, 1.165) is 30.2 Å². The highest BCUT2D eigenvalue weighted by Crippen LogP contribution is 2.35. The molecule has 4 nitrogen and oxygen atoms in total. The molecular formula is C19H21ClN2O2S. The molecule has 2 saturated heterocycles. The molecule has 0 saturated carbocycles. The van der Waals surface area contributed by atoms with Crippen LogP contribution in [0.2, 0.25) is 5.02 Å². The molecule has 0 radical (unpaired) electrons. The van der Waals surface area contributed by atoms with Crippen LogP contribution in [-0.4, -0.2) is 43.8 Å². The third kappa shape index (κ3) is 3.34. The lowest BCUT2D eigenvalue weighted by molar-refractivity contribution is 0.290. The monoisotopic (exact) mass is 376 g/mol. The first-order valence-corrected chi connectivity index (χ1v) is 10.4. The van der Waals surface area contributed by atoms with Crippen LogP contribution in [0.4, 0.5) is 0 Å². The van der Waals surface area contributed by atoms with E-state index >= 15 is 0 Å². The van der Waals surface area contributed by atoms with E-state index in [1.54, 1.807) is 28.6 Å². The number of benzene rings is 2. The molecule has 2 aromatic carbocycles. The maximum atomic E-state index is 12.8. The van der Waals surface area contributed by atoms with E-state index in [1.807, 2.05) is 24.3 Å². The van der Waals surface area contributed by atoms with Gasteiger partial charge in [0, 0.05) is 37.7 Å². The Morgan fingerprint density at radius 2 is 1.48 bits per heavy atom. The van der Waals surface area contributed by atoms with Crippen LogP contribution in [0.25, 0.3) is 0 Å². The number of nitrogens with zero attached hydrogens (tertiary/aromatic N) is 2. The number of fused-ring (bicyclic) bond motifs is 1. The highest BCUT2D eigenvalue weighted by atomic mass is 35.5. The summed E-state index contributed by atoms with van der Waals surface area (Å²) in [6.07, 6.45) is 0. The van der Waals surface area contributed by atoms with Gasteiger partial charge in [-0.05, 0) is 35.6 Å².